The Morgan fingerprint density at radius 1 is 1.24 bits per heavy atom. The molecule has 1 atom stereocenters. The van der Waals surface area contributed by atoms with Crippen molar-refractivity contribution in [3.05, 3.63) is 29.8 Å². The number of anilines is 1. The molecule has 0 saturated carbocycles. The Labute approximate surface area is 151 Å². The number of hydrogen-bond acceptors (Lipinski definition) is 3. The van der Waals surface area contributed by atoms with Crippen molar-refractivity contribution in [3.63, 3.8) is 0 Å². The van der Waals surface area contributed by atoms with E-state index in [0.717, 1.165) is 24.1 Å². The number of carbonyl (C=O) groups is 2. The SMILES string of the molecule is CCCC(C)CC(=O)Nc1ccccc1CN(C)C(=O)OC(C)(C)C. The van der Waals surface area contributed by atoms with Gasteiger partial charge in [-0.2, -0.15) is 0 Å². The first kappa shape index (κ1) is 21.0. The third kappa shape index (κ3) is 8.05. The first-order valence-corrected chi connectivity index (χ1v) is 8.94. The van der Waals surface area contributed by atoms with Crippen LogP contribution >= 0.6 is 0 Å². The molecule has 1 rings (SSSR count). The van der Waals surface area contributed by atoms with Gasteiger partial charge in [0.15, 0.2) is 0 Å². The summed E-state index contributed by atoms with van der Waals surface area (Å²) in [5.41, 5.74) is 1.09. The lowest BCUT2D eigenvalue weighted by Gasteiger charge is -2.25. The number of benzene rings is 1. The van der Waals surface area contributed by atoms with Crippen molar-refractivity contribution < 1.29 is 14.3 Å². The smallest absolute Gasteiger partial charge is 0.410 e. The average molecular weight is 348 g/mol. The van der Waals surface area contributed by atoms with Crippen molar-refractivity contribution in [2.75, 3.05) is 12.4 Å². The number of rotatable bonds is 7. The standard InChI is InChI=1S/C20H32N2O3/c1-7-10-15(2)13-18(23)21-17-12-9-8-11-16(17)14-22(6)19(24)25-20(3,4)5/h8-9,11-12,15H,7,10,13-14H2,1-6H3,(H,21,23). The predicted octanol–water partition coefficient (Wildman–Crippen LogP) is 4.82. The van der Waals surface area contributed by atoms with Crippen molar-refractivity contribution in [2.24, 2.45) is 5.92 Å². The van der Waals surface area contributed by atoms with Gasteiger partial charge in [-0.25, -0.2) is 4.79 Å². The molecule has 1 aromatic carbocycles. The van der Waals surface area contributed by atoms with Gasteiger partial charge in [-0.1, -0.05) is 44.9 Å². The second-order valence-corrected chi connectivity index (χ2v) is 7.64. The van der Waals surface area contributed by atoms with Crippen LogP contribution < -0.4 is 5.32 Å². The summed E-state index contributed by atoms with van der Waals surface area (Å²) in [6, 6.07) is 7.54. The van der Waals surface area contributed by atoms with Crippen LogP contribution in [0, 0.1) is 5.92 Å². The van der Waals surface area contributed by atoms with E-state index in [-0.39, 0.29) is 12.0 Å². The maximum atomic E-state index is 12.2. The van der Waals surface area contributed by atoms with Gasteiger partial charge in [-0.05, 0) is 38.3 Å². The first-order chi connectivity index (χ1) is 11.6. The molecule has 25 heavy (non-hydrogen) atoms. The number of para-hydroxylation sites is 1. The molecule has 0 aliphatic rings. The molecule has 0 spiro atoms. The highest BCUT2D eigenvalue weighted by molar-refractivity contribution is 5.91. The van der Waals surface area contributed by atoms with Crippen molar-refractivity contribution in [1.29, 1.82) is 0 Å². The number of nitrogens with one attached hydrogen (secondary N) is 1. The Bertz CT molecular complexity index is 579. The summed E-state index contributed by atoms with van der Waals surface area (Å²) in [5, 5.41) is 2.97. The summed E-state index contributed by atoms with van der Waals surface area (Å²) in [5.74, 6) is 0.370. The molecule has 0 heterocycles. The third-order valence-corrected chi connectivity index (χ3v) is 3.72. The zero-order valence-electron chi connectivity index (χ0n) is 16.4. The van der Waals surface area contributed by atoms with Crippen LogP contribution in [-0.4, -0.2) is 29.5 Å². The first-order valence-electron chi connectivity index (χ1n) is 8.94. The molecule has 5 nitrogen and oxygen atoms in total. The van der Waals surface area contributed by atoms with Crippen LogP contribution in [0.1, 0.15) is 59.4 Å². The van der Waals surface area contributed by atoms with Crippen LogP contribution in [0.2, 0.25) is 0 Å². The van der Waals surface area contributed by atoms with E-state index in [1.165, 1.54) is 4.90 Å². The molecule has 2 amide bonds. The topological polar surface area (TPSA) is 58.6 Å². The van der Waals surface area contributed by atoms with E-state index >= 15 is 0 Å². The monoisotopic (exact) mass is 348 g/mol. The van der Waals surface area contributed by atoms with E-state index in [4.69, 9.17) is 4.74 Å². The van der Waals surface area contributed by atoms with E-state index in [1.54, 1.807) is 7.05 Å². The van der Waals surface area contributed by atoms with Crippen molar-refractivity contribution in [1.82, 2.24) is 4.90 Å². The van der Waals surface area contributed by atoms with Crippen molar-refractivity contribution >= 4 is 17.7 Å². The summed E-state index contributed by atoms with van der Waals surface area (Å²) < 4.78 is 5.37. The normalized spacial score (nSPS) is 12.4. The minimum absolute atomic E-state index is 0.00770. The molecule has 0 fully saturated rings. The Morgan fingerprint density at radius 3 is 2.48 bits per heavy atom. The molecule has 1 aromatic rings. The molecule has 1 unspecified atom stereocenters. The van der Waals surface area contributed by atoms with Gasteiger partial charge in [0.1, 0.15) is 5.60 Å². The summed E-state index contributed by atoms with van der Waals surface area (Å²) >= 11 is 0. The van der Waals surface area contributed by atoms with Crippen molar-refractivity contribution in [2.45, 2.75) is 66.0 Å². The number of hydrogen-bond donors (Lipinski definition) is 1. The van der Waals surface area contributed by atoms with Crippen LogP contribution in [0.3, 0.4) is 0 Å². The van der Waals surface area contributed by atoms with Gasteiger partial charge in [0, 0.05) is 19.2 Å². The van der Waals surface area contributed by atoms with Crippen LogP contribution in [0.15, 0.2) is 24.3 Å². The highest BCUT2D eigenvalue weighted by Crippen LogP contribution is 2.19. The van der Waals surface area contributed by atoms with Gasteiger partial charge in [0.05, 0.1) is 6.54 Å². The zero-order chi connectivity index (χ0) is 19.0. The van der Waals surface area contributed by atoms with E-state index in [2.05, 4.69) is 19.2 Å². The third-order valence-electron chi connectivity index (χ3n) is 3.72. The molecule has 1 N–H and O–H groups in total. The summed E-state index contributed by atoms with van der Waals surface area (Å²) in [7, 11) is 1.69. The van der Waals surface area contributed by atoms with Crippen LogP contribution in [0.4, 0.5) is 10.5 Å². The molecule has 0 bridgehead atoms. The lowest BCUT2D eigenvalue weighted by Crippen LogP contribution is -2.34. The summed E-state index contributed by atoms with van der Waals surface area (Å²) in [6.07, 6.45) is 2.23. The number of amides is 2. The number of ether oxygens (including phenoxy) is 1. The quantitative estimate of drug-likeness (QED) is 0.768. The fourth-order valence-electron chi connectivity index (χ4n) is 2.55. The largest absolute Gasteiger partial charge is 0.444 e. The van der Waals surface area contributed by atoms with Gasteiger partial charge < -0.3 is 15.0 Å². The molecular weight excluding hydrogens is 316 g/mol. The molecule has 0 aliphatic heterocycles. The molecule has 140 valence electrons. The Kier molecular flexibility index (Phi) is 7.94. The summed E-state index contributed by atoms with van der Waals surface area (Å²) in [4.78, 5) is 25.9. The fraction of sp³-hybridized carbons (Fsp3) is 0.600. The molecule has 0 radical (unpaired) electrons. The van der Waals surface area contributed by atoms with Gasteiger partial charge in [-0.15, -0.1) is 0 Å². The lowest BCUT2D eigenvalue weighted by molar-refractivity contribution is -0.117. The number of nitrogens with zero attached hydrogens (tertiary/aromatic N) is 1. The Morgan fingerprint density at radius 2 is 1.88 bits per heavy atom. The highest BCUT2D eigenvalue weighted by Gasteiger charge is 2.20. The van der Waals surface area contributed by atoms with Gasteiger partial charge >= 0.3 is 6.09 Å². The van der Waals surface area contributed by atoms with Gasteiger partial charge in [-0.3, -0.25) is 4.79 Å². The van der Waals surface area contributed by atoms with E-state index < -0.39 is 5.60 Å². The van der Waals surface area contributed by atoms with E-state index in [9.17, 15) is 9.59 Å². The minimum atomic E-state index is -0.533. The minimum Gasteiger partial charge on any atom is -0.444 e. The zero-order valence-corrected chi connectivity index (χ0v) is 16.4. The second-order valence-electron chi connectivity index (χ2n) is 7.64. The molecule has 0 saturated heterocycles. The summed E-state index contributed by atoms with van der Waals surface area (Å²) in [6.45, 7) is 10.1. The van der Waals surface area contributed by atoms with Gasteiger partial charge in [0.25, 0.3) is 0 Å². The fourth-order valence-corrected chi connectivity index (χ4v) is 2.55. The van der Waals surface area contributed by atoms with Crippen LogP contribution in [0.25, 0.3) is 0 Å². The molecule has 0 aromatic heterocycles. The number of carbonyl (C=O) groups excluding carboxylic acids is 2. The lowest BCUT2D eigenvalue weighted by atomic mass is 10.0. The van der Waals surface area contributed by atoms with Crippen LogP contribution in [0.5, 0.6) is 0 Å². The molecule has 5 heteroatoms. The molecule has 0 aliphatic carbocycles. The Hall–Kier alpha value is -2.04. The second kappa shape index (κ2) is 9.44. The van der Waals surface area contributed by atoms with Gasteiger partial charge in [0.2, 0.25) is 5.91 Å². The van der Waals surface area contributed by atoms with E-state index in [1.807, 2.05) is 45.0 Å². The average Bonchev–Trinajstić information content (AvgIpc) is 2.47. The maximum absolute atomic E-state index is 12.2. The van der Waals surface area contributed by atoms with Crippen molar-refractivity contribution in [3.8, 4) is 0 Å². The highest BCUT2D eigenvalue weighted by atomic mass is 16.6. The van der Waals surface area contributed by atoms with Crippen LogP contribution in [-0.2, 0) is 16.1 Å². The van der Waals surface area contributed by atoms with E-state index in [0.29, 0.717) is 18.9 Å². The predicted molar refractivity (Wildman–Crippen MR) is 101 cm³/mol. The molecular formula is C20H32N2O3. The maximum Gasteiger partial charge on any atom is 0.410 e. The Balaban J connectivity index is 2.73.